The van der Waals surface area contributed by atoms with Crippen LogP contribution in [-0.4, -0.2) is 22.9 Å². The van der Waals surface area contributed by atoms with Gasteiger partial charge >= 0.3 is 0 Å². The highest BCUT2D eigenvalue weighted by Gasteiger charge is 2.57. The van der Waals surface area contributed by atoms with Crippen LogP contribution in [0, 0.1) is 34.6 Å². The fourth-order valence-corrected chi connectivity index (χ4v) is 8.07. The maximum Gasteiger partial charge on any atom is 0.244 e. The third kappa shape index (κ3) is 3.01. The molecule has 6 heteroatoms. The number of hydrogen-bond acceptors (Lipinski definition) is 3. The Labute approximate surface area is 203 Å². The molecule has 34 heavy (non-hydrogen) atoms. The number of rotatable bonds is 2. The van der Waals surface area contributed by atoms with Gasteiger partial charge in [-0.25, -0.2) is 8.42 Å². The summed E-state index contributed by atoms with van der Waals surface area (Å²) in [6, 6.07) is -0.651. The summed E-state index contributed by atoms with van der Waals surface area (Å²) in [6.45, 7) is 15.0. The molecular formula is C28H33N3O2S. The average molecular weight is 476 g/mol. The highest BCUT2D eigenvalue weighted by Crippen LogP contribution is 2.59. The Bertz CT molecular complexity index is 1430. The molecule has 1 aromatic carbocycles. The second-order valence-corrected chi connectivity index (χ2v) is 12.2. The Balaban J connectivity index is 1.85. The molecule has 3 aliphatic rings. The first-order valence-corrected chi connectivity index (χ1v) is 13.3. The molecule has 1 aromatic heterocycles. The Morgan fingerprint density at radius 2 is 1.56 bits per heavy atom. The minimum atomic E-state index is -3.81. The normalized spacial score (nSPS) is 23.2. The number of nitrogens with zero attached hydrogens (tertiary/aromatic N) is 2. The van der Waals surface area contributed by atoms with E-state index in [2.05, 4.69) is 46.6 Å². The van der Waals surface area contributed by atoms with Gasteiger partial charge in [-0.2, -0.15) is 9.40 Å². The quantitative estimate of drug-likeness (QED) is 0.599. The van der Waals surface area contributed by atoms with Crippen molar-refractivity contribution in [3.8, 4) is 0 Å². The van der Waals surface area contributed by atoms with E-state index in [1.165, 1.54) is 27.8 Å². The van der Waals surface area contributed by atoms with Gasteiger partial charge in [-0.3, -0.25) is 5.10 Å². The predicted octanol–water partition coefficient (Wildman–Crippen LogP) is 5.78. The van der Waals surface area contributed by atoms with Crippen molar-refractivity contribution >= 4 is 10.0 Å². The number of aryl methyl sites for hydroxylation is 1. The molecule has 178 valence electrons. The first-order valence-electron chi connectivity index (χ1n) is 11.9. The zero-order chi connectivity index (χ0) is 24.6. The molecule has 0 spiro atoms. The van der Waals surface area contributed by atoms with Gasteiger partial charge < -0.3 is 0 Å². The molecule has 0 amide bonds. The summed E-state index contributed by atoms with van der Waals surface area (Å²) >= 11 is 0. The molecule has 1 N–H and O–H groups in total. The molecule has 2 aromatic rings. The summed E-state index contributed by atoms with van der Waals surface area (Å²) in [5.41, 5.74) is 9.90. The molecule has 2 atom stereocenters. The number of hydrogen-bond donors (Lipinski definition) is 1. The second kappa shape index (κ2) is 7.65. The topological polar surface area (TPSA) is 66.1 Å². The molecule has 5 nitrogen and oxygen atoms in total. The van der Waals surface area contributed by atoms with Gasteiger partial charge in [0.25, 0.3) is 0 Å². The Kier molecular flexibility index (Phi) is 5.19. The monoisotopic (exact) mass is 475 g/mol. The van der Waals surface area contributed by atoms with Gasteiger partial charge in [0.2, 0.25) is 10.0 Å². The second-order valence-electron chi connectivity index (χ2n) is 10.4. The van der Waals surface area contributed by atoms with Gasteiger partial charge in [-0.05, 0) is 86.6 Å². The largest absolute Gasteiger partial charge is 0.282 e. The van der Waals surface area contributed by atoms with Crippen LogP contribution in [0.2, 0.25) is 0 Å². The lowest BCUT2D eigenvalue weighted by atomic mass is 9.65. The van der Waals surface area contributed by atoms with Crippen LogP contribution < -0.4 is 0 Å². The van der Waals surface area contributed by atoms with E-state index in [9.17, 15) is 8.42 Å². The number of nitrogens with one attached hydrogen (secondary N) is 1. The molecular weight excluding hydrogens is 442 g/mol. The first kappa shape index (κ1) is 23.1. The third-order valence-corrected chi connectivity index (χ3v) is 10.2. The molecule has 0 saturated carbocycles. The van der Waals surface area contributed by atoms with Crippen molar-refractivity contribution in [1.82, 2.24) is 14.5 Å². The summed E-state index contributed by atoms with van der Waals surface area (Å²) in [5.74, 6) is 0. The molecule has 0 fully saturated rings. The SMILES string of the molecule is Cc1[nH]nc2c1C1Cc3c(C)c(C)c(C)c(C)c3C(N1S(=O)(=O)C1=CC=CC=CC=C1)C2(C)C. The van der Waals surface area contributed by atoms with E-state index in [1.807, 2.05) is 25.2 Å². The lowest BCUT2D eigenvalue weighted by Gasteiger charge is -2.53. The Morgan fingerprint density at radius 3 is 2.29 bits per heavy atom. The zero-order valence-corrected chi connectivity index (χ0v) is 21.8. The fourth-order valence-electron chi connectivity index (χ4n) is 6.17. The summed E-state index contributed by atoms with van der Waals surface area (Å²) in [7, 11) is -3.81. The van der Waals surface area contributed by atoms with E-state index < -0.39 is 15.4 Å². The van der Waals surface area contributed by atoms with E-state index in [0.29, 0.717) is 11.3 Å². The van der Waals surface area contributed by atoms with E-state index >= 15 is 0 Å². The number of benzene rings is 1. The van der Waals surface area contributed by atoms with Crippen molar-refractivity contribution in [3.05, 3.63) is 97.8 Å². The number of sulfonamides is 1. The average Bonchev–Trinajstić information content (AvgIpc) is 3.16. The number of aromatic amines is 1. The van der Waals surface area contributed by atoms with E-state index in [1.54, 1.807) is 28.6 Å². The molecule has 2 aliphatic heterocycles. The maximum absolute atomic E-state index is 14.4. The lowest BCUT2D eigenvalue weighted by molar-refractivity contribution is 0.135. The van der Waals surface area contributed by atoms with Crippen LogP contribution >= 0.6 is 0 Å². The molecule has 5 rings (SSSR count). The van der Waals surface area contributed by atoms with E-state index in [-0.39, 0.29) is 12.1 Å². The summed E-state index contributed by atoms with van der Waals surface area (Å²) in [4.78, 5) is 0.310. The number of aromatic nitrogens is 2. The fraction of sp³-hybridized carbons (Fsp3) is 0.393. The van der Waals surface area contributed by atoms with Crippen molar-refractivity contribution in [3.63, 3.8) is 0 Å². The zero-order valence-electron chi connectivity index (χ0n) is 21.0. The van der Waals surface area contributed by atoms with Crippen molar-refractivity contribution in [2.75, 3.05) is 0 Å². The summed E-state index contributed by atoms with van der Waals surface area (Å²) in [6.07, 6.45) is 13.2. The predicted molar refractivity (Wildman–Crippen MR) is 137 cm³/mol. The highest BCUT2D eigenvalue weighted by atomic mass is 32.2. The first-order chi connectivity index (χ1) is 16.0. The van der Waals surface area contributed by atoms with Crippen LogP contribution in [-0.2, 0) is 21.9 Å². The van der Waals surface area contributed by atoms with Gasteiger partial charge in [-0.1, -0.05) is 44.2 Å². The van der Waals surface area contributed by atoms with Gasteiger partial charge in [0.05, 0.1) is 22.7 Å². The molecule has 1 aliphatic carbocycles. The van der Waals surface area contributed by atoms with E-state index in [4.69, 9.17) is 5.10 Å². The van der Waals surface area contributed by atoms with Crippen molar-refractivity contribution in [2.24, 2.45) is 0 Å². The Hall–Kier alpha value is -2.70. The van der Waals surface area contributed by atoms with E-state index in [0.717, 1.165) is 22.5 Å². The summed E-state index contributed by atoms with van der Waals surface area (Å²) in [5, 5.41) is 7.89. The van der Waals surface area contributed by atoms with Crippen LogP contribution in [0.5, 0.6) is 0 Å². The van der Waals surface area contributed by atoms with Crippen LogP contribution in [0.15, 0.2) is 47.4 Å². The standard InChI is InChI=1S/C28H33N3O2S/c1-16-17(2)19(4)24-22(18(16)3)15-23-25-20(5)29-30-26(25)28(6,7)27(24)31(23)34(32,33)21-13-11-9-8-10-12-14-21/h8-14,23,27H,15H2,1-7H3,(H,29,30). The molecule has 0 radical (unpaired) electrons. The minimum Gasteiger partial charge on any atom is -0.282 e. The number of allylic oxidation sites excluding steroid dienone is 7. The highest BCUT2D eigenvalue weighted by molar-refractivity contribution is 7.93. The van der Waals surface area contributed by atoms with Crippen molar-refractivity contribution in [1.29, 1.82) is 0 Å². The molecule has 2 bridgehead atoms. The van der Waals surface area contributed by atoms with Crippen LogP contribution in [0.25, 0.3) is 0 Å². The van der Waals surface area contributed by atoms with Gasteiger partial charge in [0.1, 0.15) is 0 Å². The van der Waals surface area contributed by atoms with Crippen LogP contribution in [0.4, 0.5) is 0 Å². The lowest BCUT2D eigenvalue weighted by Crippen LogP contribution is -2.54. The smallest absolute Gasteiger partial charge is 0.244 e. The molecule has 3 heterocycles. The van der Waals surface area contributed by atoms with Crippen LogP contribution in [0.3, 0.4) is 0 Å². The van der Waals surface area contributed by atoms with Crippen molar-refractivity contribution in [2.45, 2.75) is 72.4 Å². The third-order valence-electron chi connectivity index (χ3n) is 8.26. The number of fused-ring (bicyclic) bond motifs is 6. The van der Waals surface area contributed by atoms with Gasteiger partial charge in [0.15, 0.2) is 0 Å². The van der Waals surface area contributed by atoms with Gasteiger partial charge in [-0.15, -0.1) is 0 Å². The molecule has 0 saturated heterocycles. The van der Waals surface area contributed by atoms with Gasteiger partial charge in [0, 0.05) is 16.7 Å². The van der Waals surface area contributed by atoms with Crippen molar-refractivity contribution < 1.29 is 8.42 Å². The molecule has 2 unspecified atom stereocenters. The minimum absolute atomic E-state index is 0.302. The van der Waals surface area contributed by atoms with Crippen LogP contribution in [0.1, 0.15) is 76.3 Å². The Morgan fingerprint density at radius 1 is 0.912 bits per heavy atom. The number of H-pyrrole nitrogens is 1. The summed E-state index contributed by atoms with van der Waals surface area (Å²) < 4.78 is 30.7. The maximum atomic E-state index is 14.4.